The van der Waals surface area contributed by atoms with Crippen molar-refractivity contribution in [3.8, 4) is 0 Å². The topological polar surface area (TPSA) is 86.8 Å². The van der Waals surface area contributed by atoms with E-state index in [-0.39, 0.29) is 30.5 Å². The van der Waals surface area contributed by atoms with E-state index in [1.165, 1.54) is 11.0 Å². The van der Waals surface area contributed by atoms with E-state index in [0.717, 1.165) is 31.7 Å². The van der Waals surface area contributed by atoms with Gasteiger partial charge in [0.05, 0.1) is 11.9 Å². The highest BCUT2D eigenvalue weighted by Crippen LogP contribution is 2.26. The molecule has 7 nitrogen and oxygen atoms in total. The van der Waals surface area contributed by atoms with Gasteiger partial charge in [-0.05, 0) is 53.8 Å². The zero-order valence-corrected chi connectivity index (χ0v) is 26.3. The van der Waals surface area contributed by atoms with Gasteiger partial charge in [0.2, 0.25) is 21.8 Å². The fraction of sp³-hybridized carbons (Fsp3) is 0.333. The van der Waals surface area contributed by atoms with Crippen LogP contribution in [0.4, 0.5) is 5.69 Å². The van der Waals surface area contributed by atoms with Crippen LogP contribution in [0.2, 0.25) is 5.02 Å². The molecule has 0 aliphatic rings. The van der Waals surface area contributed by atoms with Crippen LogP contribution < -0.4 is 9.62 Å². The Morgan fingerprint density at radius 2 is 1.62 bits per heavy atom. The number of aryl methyl sites for hydroxylation is 1. The van der Waals surface area contributed by atoms with Gasteiger partial charge >= 0.3 is 0 Å². The van der Waals surface area contributed by atoms with Gasteiger partial charge in [0.25, 0.3) is 0 Å². The highest BCUT2D eigenvalue weighted by molar-refractivity contribution is 9.10. The zero-order chi connectivity index (χ0) is 29.4. The number of hydrogen-bond donors (Lipinski definition) is 1. The highest BCUT2D eigenvalue weighted by atomic mass is 79.9. The first-order valence-corrected chi connectivity index (χ1v) is 16.0. The molecule has 3 aromatic rings. The number of halogens is 2. The fourth-order valence-electron chi connectivity index (χ4n) is 4.11. The van der Waals surface area contributed by atoms with Crippen LogP contribution in [0.1, 0.15) is 30.5 Å². The number of nitrogens with one attached hydrogen (secondary N) is 1. The third-order valence-electron chi connectivity index (χ3n) is 6.34. The molecule has 0 saturated heterocycles. The minimum Gasteiger partial charge on any atom is -0.354 e. The Morgan fingerprint density at radius 1 is 0.975 bits per heavy atom. The standard InChI is InChI=1S/C30H35BrClN3O4S/c1-21(2)18-33-30(37)28(16-23-8-6-5-7-9-23)34(19-24-11-13-25(31)14-12-24)29(36)20-35(40(4,38)39)26-15-10-22(3)27(32)17-26/h5-15,17,21,28H,16,18-20H2,1-4H3,(H,33,37)/t28-/m1/s1. The lowest BCUT2D eigenvalue weighted by atomic mass is 10.0. The van der Waals surface area contributed by atoms with E-state index >= 15 is 0 Å². The summed E-state index contributed by atoms with van der Waals surface area (Å²) < 4.78 is 27.7. The molecule has 0 aliphatic carbocycles. The normalized spacial score (nSPS) is 12.2. The minimum absolute atomic E-state index is 0.116. The number of amides is 2. The molecule has 40 heavy (non-hydrogen) atoms. The molecule has 0 unspecified atom stereocenters. The molecule has 0 fully saturated rings. The number of hydrogen-bond acceptors (Lipinski definition) is 4. The third-order valence-corrected chi connectivity index (χ3v) is 8.42. The number of rotatable bonds is 12. The second kappa shape index (κ2) is 14.1. The van der Waals surface area contributed by atoms with Crippen molar-refractivity contribution in [2.45, 2.75) is 39.8 Å². The maximum atomic E-state index is 14.1. The third kappa shape index (κ3) is 9.08. The zero-order valence-electron chi connectivity index (χ0n) is 23.1. The fourth-order valence-corrected chi connectivity index (χ4v) is 5.39. The molecule has 0 radical (unpaired) electrons. The summed E-state index contributed by atoms with van der Waals surface area (Å²) in [5, 5.41) is 3.36. The van der Waals surface area contributed by atoms with Gasteiger partial charge < -0.3 is 10.2 Å². The molecule has 0 aromatic heterocycles. The van der Waals surface area contributed by atoms with E-state index in [9.17, 15) is 18.0 Å². The van der Waals surface area contributed by atoms with Gasteiger partial charge in [-0.25, -0.2) is 8.42 Å². The number of anilines is 1. The first-order valence-electron chi connectivity index (χ1n) is 12.9. The van der Waals surface area contributed by atoms with E-state index in [0.29, 0.717) is 11.6 Å². The maximum Gasteiger partial charge on any atom is 0.244 e. The largest absolute Gasteiger partial charge is 0.354 e. The van der Waals surface area contributed by atoms with Crippen LogP contribution in [0, 0.1) is 12.8 Å². The van der Waals surface area contributed by atoms with Crippen molar-refractivity contribution in [3.63, 3.8) is 0 Å². The molecule has 0 saturated carbocycles. The Morgan fingerprint density at radius 3 is 2.20 bits per heavy atom. The molecule has 0 spiro atoms. The van der Waals surface area contributed by atoms with Gasteiger partial charge in [-0.2, -0.15) is 0 Å². The predicted molar refractivity (Wildman–Crippen MR) is 165 cm³/mol. The first-order chi connectivity index (χ1) is 18.8. The summed E-state index contributed by atoms with van der Waals surface area (Å²) in [5.74, 6) is -0.595. The van der Waals surface area contributed by atoms with Gasteiger partial charge in [0.1, 0.15) is 12.6 Å². The second-order valence-corrected chi connectivity index (χ2v) is 13.4. The molecule has 3 rings (SSSR count). The molecule has 0 bridgehead atoms. The van der Waals surface area contributed by atoms with Crippen molar-refractivity contribution in [1.82, 2.24) is 10.2 Å². The SMILES string of the molecule is Cc1ccc(N(CC(=O)N(Cc2ccc(Br)cc2)[C@H](Cc2ccccc2)C(=O)NCC(C)C)S(C)(=O)=O)cc1Cl. The van der Waals surface area contributed by atoms with Crippen LogP contribution >= 0.6 is 27.5 Å². The molecule has 1 N–H and O–H groups in total. The molecule has 2 amide bonds. The van der Waals surface area contributed by atoms with Crippen LogP contribution in [0.15, 0.2) is 77.3 Å². The van der Waals surface area contributed by atoms with E-state index in [2.05, 4.69) is 21.2 Å². The van der Waals surface area contributed by atoms with Crippen molar-refractivity contribution < 1.29 is 18.0 Å². The van der Waals surface area contributed by atoms with Crippen LogP contribution in [-0.2, 0) is 32.6 Å². The Hall–Kier alpha value is -2.88. The molecule has 214 valence electrons. The Labute approximate surface area is 250 Å². The summed E-state index contributed by atoms with van der Waals surface area (Å²) in [7, 11) is -3.86. The summed E-state index contributed by atoms with van der Waals surface area (Å²) >= 11 is 9.73. The van der Waals surface area contributed by atoms with E-state index < -0.39 is 28.5 Å². The monoisotopic (exact) mass is 647 g/mol. The van der Waals surface area contributed by atoms with Crippen molar-refractivity contribution in [3.05, 3.63) is 99.0 Å². The number of benzene rings is 3. The summed E-state index contributed by atoms with van der Waals surface area (Å²) in [4.78, 5) is 29.2. The predicted octanol–water partition coefficient (Wildman–Crippen LogP) is 5.59. The first kappa shape index (κ1) is 31.6. The Balaban J connectivity index is 2.05. The summed E-state index contributed by atoms with van der Waals surface area (Å²) in [6.45, 7) is 5.87. The van der Waals surface area contributed by atoms with Crippen LogP contribution in [0.25, 0.3) is 0 Å². The maximum absolute atomic E-state index is 14.1. The summed E-state index contributed by atoms with van der Waals surface area (Å²) in [6, 6.07) is 20.9. The average molecular weight is 649 g/mol. The number of nitrogens with zero attached hydrogens (tertiary/aromatic N) is 2. The van der Waals surface area contributed by atoms with Crippen LogP contribution in [0.3, 0.4) is 0 Å². The lowest BCUT2D eigenvalue weighted by molar-refractivity contribution is -0.140. The molecule has 10 heteroatoms. The van der Waals surface area contributed by atoms with E-state index in [4.69, 9.17) is 11.6 Å². The number of sulfonamides is 1. The Bertz CT molecular complexity index is 1420. The number of carbonyl (C=O) groups excluding carboxylic acids is 2. The quantitative estimate of drug-likeness (QED) is 0.278. The molecule has 0 heterocycles. The molecule has 3 aromatic carbocycles. The van der Waals surface area contributed by atoms with Gasteiger partial charge in [0.15, 0.2) is 0 Å². The van der Waals surface area contributed by atoms with Gasteiger partial charge in [-0.1, -0.05) is 89.9 Å². The van der Waals surface area contributed by atoms with Crippen molar-refractivity contribution in [2.24, 2.45) is 5.92 Å². The van der Waals surface area contributed by atoms with E-state index in [1.54, 1.807) is 12.1 Å². The van der Waals surface area contributed by atoms with E-state index in [1.807, 2.05) is 75.4 Å². The van der Waals surface area contributed by atoms with Gasteiger partial charge in [-0.15, -0.1) is 0 Å². The number of carbonyl (C=O) groups is 2. The smallest absolute Gasteiger partial charge is 0.244 e. The summed E-state index contributed by atoms with van der Waals surface area (Å²) in [6.07, 6.45) is 1.31. The molecule has 0 aliphatic heterocycles. The lowest BCUT2D eigenvalue weighted by Gasteiger charge is -2.33. The second-order valence-electron chi connectivity index (χ2n) is 10.2. The van der Waals surface area contributed by atoms with Crippen LogP contribution in [-0.4, -0.2) is 50.5 Å². The van der Waals surface area contributed by atoms with Gasteiger partial charge in [-0.3, -0.25) is 13.9 Å². The highest BCUT2D eigenvalue weighted by Gasteiger charge is 2.33. The lowest BCUT2D eigenvalue weighted by Crippen LogP contribution is -2.53. The van der Waals surface area contributed by atoms with Gasteiger partial charge in [0, 0.05) is 29.0 Å². The average Bonchev–Trinajstić information content (AvgIpc) is 2.90. The summed E-state index contributed by atoms with van der Waals surface area (Å²) in [5.41, 5.74) is 2.74. The van der Waals surface area contributed by atoms with Crippen molar-refractivity contribution in [1.29, 1.82) is 0 Å². The van der Waals surface area contributed by atoms with Crippen LogP contribution in [0.5, 0.6) is 0 Å². The molecular weight excluding hydrogens is 614 g/mol. The Kier molecular flexibility index (Phi) is 11.2. The van der Waals surface area contributed by atoms with Crippen molar-refractivity contribution >= 4 is 55.1 Å². The molecule has 1 atom stereocenters. The molecular formula is C30H35BrClN3O4S. The minimum atomic E-state index is -3.86. The van der Waals surface area contributed by atoms with Crippen molar-refractivity contribution in [2.75, 3.05) is 23.7 Å².